The van der Waals surface area contributed by atoms with Crippen LogP contribution in [0.4, 0.5) is 4.79 Å². The predicted molar refractivity (Wildman–Crippen MR) is 97.9 cm³/mol. The average molecular weight is 348 g/mol. The monoisotopic (exact) mass is 348 g/mol. The first kappa shape index (κ1) is 16.2. The molecular weight excluding hydrogens is 328 g/mol. The Morgan fingerprint density at radius 3 is 2.73 bits per heavy atom. The number of phenolic OH excluding ortho intramolecular Hbond substituents is 1. The van der Waals surface area contributed by atoms with E-state index in [2.05, 4.69) is 10.4 Å². The van der Waals surface area contributed by atoms with Crippen molar-refractivity contribution >= 4 is 6.03 Å². The molecule has 2 aromatic carbocycles. The summed E-state index contributed by atoms with van der Waals surface area (Å²) in [5.74, 6) is 0.195. The number of benzene rings is 2. The van der Waals surface area contributed by atoms with Crippen molar-refractivity contribution in [1.82, 2.24) is 20.0 Å². The molecule has 132 valence electrons. The molecule has 6 heteroatoms. The molecule has 2 heterocycles. The van der Waals surface area contributed by atoms with Gasteiger partial charge in [-0.2, -0.15) is 5.10 Å². The molecule has 0 spiro atoms. The van der Waals surface area contributed by atoms with E-state index < -0.39 is 0 Å². The standard InChI is InChI=1S/C20H20N4O2/c1-14(15-6-5-9-18(25)10-15)22-20(26)23-12-16-11-21-24(19(16)13-23)17-7-3-2-4-8-17/h2-11,14,25H,12-13H2,1H3,(H,22,26)/t14-/m1/s1. The quantitative estimate of drug-likeness (QED) is 0.762. The van der Waals surface area contributed by atoms with Gasteiger partial charge in [-0.25, -0.2) is 9.48 Å². The topological polar surface area (TPSA) is 70.4 Å². The van der Waals surface area contributed by atoms with Crippen molar-refractivity contribution < 1.29 is 9.90 Å². The van der Waals surface area contributed by atoms with Crippen LogP contribution in [0.3, 0.4) is 0 Å². The summed E-state index contributed by atoms with van der Waals surface area (Å²) in [5.41, 5.74) is 3.96. The molecule has 0 bridgehead atoms. The Morgan fingerprint density at radius 1 is 1.15 bits per heavy atom. The van der Waals surface area contributed by atoms with Gasteiger partial charge in [0.15, 0.2) is 0 Å². The van der Waals surface area contributed by atoms with Gasteiger partial charge in [0, 0.05) is 5.56 Å². The van der Waals surface area contributed by atoms with Gasteiger partial charge < -0.3 is 15.3 Å². The SMILES string of the molecule is C[C@@H](NC(=O)N1Cc2cnn(-c3ccccc3)c2C1)c1cccc(O)c1. The van der Waals surface area contributed by atoms with Crippen LogP contribution in [0.5, 0.6) is 5.75 Å². The molecule has 3 aromatic rings. The number of hydrogen-bond acceptors (Lipinski definition) is 3. The van der Waals surface area contributed by atoms with Gasteiger partial charge >= 0.3 is 6.03 Å². The third-order valence-electron chi connectivity index (χ3n) is 4.66. The van der Waals surface area contributed by atoms with E-state index in [1.54, 1.807) is 23.1 Å². The molecule has 0 saturated carbocycles. The highest BCUT2D eigenvalue weighted by Crippen LogP contribution is 2.26. The first-order valence-corrected chi connectivity index (χ1v) is 8.57. The Labute approximate surface area is 151 Å². The number of phenols is 1. The Kier molecular flexibility index (Phi) is 4.08. The van der Waals surface area contributed by atoms with Crippen LogP contribution in [0.1, 0.15) is 29.8 Å². The van der Waals surface area contributed by atoms with Crippen molar-refractivity contribution in [3.63, 3.8) is 0 Å². The highest BCUT2D eigenvalue weighted by Gasteiger charge is 2.28. The van der Waals surface area contributed by atoms with E-state index >= 15 is 0 Å². The third kappa shape index (κ3) is 3.01. The summed E-state index contributed by atoms with van der Waals surface area (Å²) in [6.07, 6.45) is 1.83. The van der Waals surface area contributed by atoms with Gasteiger partial charge in [0.05, 0.1) is 36.7 Å². The fraction of sp³-hybridized carbons (Fsp3) is 0.200. The van der Waals surface area contributed by atoms with Crippen LogP contribution in [0.2, 0.25) is 0 Å². The summed E-state index contributed by atoms with van der Waals surface area (Å²) in [7, 11) is 0. The van der Waals surface area contributed by atoms with Crippen molar-refractivity contribution in [3.8, 4) is 11.4 Å². The summed E-state index contributed by atoms with van der Waals surface area (Å²) in [5, 5.41) is 17.1. The van der Waals surface area contributed by atoms with E-state index in [0.29, 0.717) is 13.1 Å². The van der Waals surface area contributed by atoms with Crippen molar-refractivity contribution in [2.75, 3.05) is 0 Å². The molecule has 6 nitrogen and oxygen atoms in total. The lowest BCUT2D eigenvalue weighted by molar-refractivity contribution is 0.194. The smallest absolute Gasteiger partial charge is 0.318 e. The van der Waals surface area contributed by atoms with E-state index in [-0.39, 0.29) is 17.8 Å². The minimum absolute atomic E-state index is 0.128. The summed E-state index contributed by atoms with van der Waals surface area (Å²) >= 11 is 0. The molecule has 26 heavy (non-hydrogen) atoms. The molecule has 0 aliphatic carbocycles. The van der Waals surface area contributed by atoms with Crippen molar-refractivity contribution in [2.45, 2.75) is 26.1 Å². The van der Waals surface area contributed by atoms with Gasteiger partial charge in [0.1, 0.15) is 5.75 Å². The number of fused-ring (bicyclic) bond motifs is 1. The van der Waals surface area contributed by atoms with Crippen LogP contribution in [0.15, 0.2) is 60.8 Å². The highest BCUT2D eigenvalue weighted by molar-refractivity contribution is 5.75. The molecule has 0 radical (unpaired) electrons. The lowest BCUT2D eigenvalue weighted by Crippen LogP contribution is -2.38. The van der Waals surface area contributed by atoms with E-state index in [0.717, 1.165) is 22.5 Å². The fourth-order valence-corrected chi connectivity index (χ4v) is 3.24. The molecule has 1 aliphatic rings. The maximum absolute atomic E-state index is 12.7. The normalized spacial score (nSPS) is 14.1. The Morgan fingerprint density at radius 2 is 1.96 bits per heavy atom. The summed E-state index contributed by atoms with van der Waals surface area (Å²) in [6.45, 7) is 2.96. The predicted octanol–water partition coefficient (Wildman–Crippen LogP) is 3.36. The number of aromatic nitrogens is 2. The fourth-order valence-electron chi connectivity index (χ4n) is 3.24. The molecule has 1 atom stereocenters. The largest absolute Gasteiger partial charge is 0.508 e. The van der Waals surface area contributed by atoms with Crippen LogP contribution in [-0.2, 0) is 13.1 Å². The van der Waals surface area contributed by atoms with Crippen LogP contribution in [-0.4, -0.2) is 25.8 Å². The van der Waals surface area contributed by atoms with E-state index in [1.807, 2.05) is 54.2 Å². The number of nitrogens with zero attached hydrogens (tertiary/aromatic N) is 3. The maximum atomic E-state index is 12.7. The Balaban J connectivity index is 1.46. The number of rotatable bonds is 3. The van der Waals surface area contributed by atoms with Crippen molar-refractivity contribution in [2.24, 2.45) is 0 Å². The first-order valence-electron chi connectivity index (χ1n) is 8.57. The summed E-state index contributed by atoms with van der Waals surface area (Å²) in [6, 6.07) is 16.5. The van der Waals surface area contributed by atoms with Gasteiger partial charge in [-0.3, -0.25) is 0 Å². The number of nitrogens with one attached hydrogen (secondary N) is 1. The van der Waals surface area contributed by atoms with Crippen LogP contribution >= 0.6 is 0 Å². The molecular formula is C20H20N4O2. The number of aromatic hydroxyl groups is 1. The van der Waals surface area contributed by atoms with Crippen LogP contribution < -0.4 is 5.32 Å². The first-order chi connectivity index (χ1) is 12.6. The molecule has 1 aliphatic heterocycles. The third-order valence-corrected chi connectivity index (χ3v) is 4.66. The minimum Gasteiger partial charge on any atom is -0.508 e. The zero-order valence-corrected chi connectivity index (χ0v) is 14.5. The van der Waals surface area contributed by atoms with Crippen molar-refractivity contribution in [1.29, 1.82) is 0 Å². The summed E-state index contributed by atoms with van der Waals surface area (Å²) < 4.78 is 1.89. The lowest BCUT2D eigenvalue weighted by Gasteiger charge is -2.21. The molecule has 2 amide bonds. The van der Waals surface area contributed by atoms with E-state index in [9.17, 15) is 9.90 Å². The van der Waals surface area contributed by atoms with Crippen LogP contribution in [0, 0.1) is 0 Å². The lowest BCUT2D eigenvalue weighted by atomic mass is 10.1. The molecule has 1 aromatic heterocycles. The Hall–Kier alpha value is -3.28. The van der Waals surface area contributed by atoms with Gasteiger partial charge in [0.25, 0.3) is 0 Å². The molecule has 4 rings (SSSR count). The maximum Gasteiger partial charge on any atom is 0.318 e. The summed E-state index contributed by atoms with van der Waals surface area (Å²) in [4.78, 5) is 14.4. The number of urea groups is 1. The zero-order chi connectivity index (χ0) is 18.1. The van der Waals surface area contributed by atoms with Crippen molar-refractivity contribution in [3.05, 3.63) is 77.6 Å². The molecule has 0 saturated heterocycles. The van der Waals surface area contributed by atoms with Gasteiger partial charge in [-0.15, -0.1) is 0 Å². The second-order valence-electron chi connectivity index (χ2n) is 6.49. The Bertz CT molecular complexity index is 936. The number of hydrogen-bond donors (Lipinski definition) is 2. The van der Waals surface area contributed by atoms with E-state index in [4.69, 9.17) is 0 Å². The molecule has 2 N–H and O–H groups in total. The van der Waals surface area contributed by atoms with E-state index in [1.165, 1.54) is 0 Å². The van der Waals surface area contributed by atoms with Crippen LogP contribution in [0.25, 0.3) is 5.69 Å². The second kappa shape index (κ2) is 6.55. The zero-order valence-electron chi connectivity index (χ0n) is 14.5. The van der Waals surface area contributed by atoms with Gasteiger partial charge in [-0.1, -0.05) is 30.3 Å². The highest BCUT2D eigenvalue weighted by atomic mass is 16.3. The van der Waals surface area contributed by atoms with Gasteiger partial charge in [0.2, 0.25) is 0 Å². The average Bonchev–Trinajstić information content (AvgIpc) is 3.23. The number of amides is 2. The minimum atomic E-state index is -0.191. The number of carbonyl (C=O) groups excluding carboxylic acids is 1. The molecule has 0 unspecified atom stereocenters. The molecule has 0 fully saturated rings. The van der Waals surface area contributed by atoms with Gasteiger partial charge in [-0.05, 0) is 36.8 Å². The second-order valence-corrected chi connectivity index (χ2v) is 6.49. The number of carbonyl (C=O) groups is 1. The number of para-hydroxylation sites is 1.